The molecule has 1 aliphatic heterocycles. The number of carbonyl (C=O) groups excluding carboxylic acids is 1. The number of rotatable bonds is 4. The summed E-state index contributed by atoms with van der Waals surface area (Å²) >= 11 is 0. The van der Waals surface area contributed by atoms with Crippen molar-refractivity contribution in [1.29, 1.82) is 0 Å². The highest BCUT2D eigenvalue weighted by atomic mass is 32.2. The van der Waals surface area contributed by atoms with Gasteiger partial charge in [0.2, 0.25) is 0 Å². The minimum atomic E-state index is -3.67. The molecule has 5 nitrogen and oxygen atoms in total. The first kappa shape index (κ1) is 16.5. The van der Waals surface area contributed by atoms with Crippen LogP contribution >= 0.6 is 0 Å². The van der Waals surface area contributed by atoms with Crippen LogP contribution in [0.4, 0.5) is 5.69 Å². The molecule has 1 N–H and O–H groups in total. The maximum absolute atomic E-state index is 12.4. The normalized spacial score (nSPS) is 14.6. The van der Waals surface area contributed by atoms with Crippen LogP contribution in [-0.2, 0) is 10.0 Å². The second-order valence-electron chi connectivity index (χ2n) is 6.00. The van der Waals surface area contributed by atoms with Gasteiger partial charge in [0.05, 0.1) is 4.90 Å². The van der Waals surface area contributed by atoms with Crippen molar-refractivity contribution < 1.29 is 13.2 Å². The number of amides is 1. The predicted octanol–water partition coefficient (Wildman–Crippen LogP) is 3.03. The van der Waals surface area contributed by atoms with Gasteiger partial charge in [-0.05, 0) is 50.1 Å². The van der Waals surface area contributed by atoms with Gasteiger partial charge in [-0.2, -0.15) is 0 Å². The molecule has 0 unspecified atom stereocenters. The van der Waals surface area contributed by atoms with E-state index in [1.807, 2.05) is 6.92 Å². The molecule has 0 radical (unpaired) electrons. The Morgan fingerprint density at radius 2 is 1.71 bits per heavy atom. The number of nitrogens with zero attached hydrogens (tertiary/aromatic N) is 1. The summed E-state index contributed by atoms with van der Waals surface area (Å²) in [6, 6.07) is 13.3. The number of hydrogen-bond acceptors (Lipinski definition) is 3. The molecule has 0 aliphatic carbocycles. The van der Waals surface area contributed by atoms with Gasteiger partial charge >= 0.3 is 0 Å². The van der Waals surface area contributed by atoms with E-state index in [-0.39, 0.29) is 10.8 Å². The number of aryl methyl sites for hydroxylation is 1. The SMILES string of the molecule is Cc1ccc(S(=O)(=O)Nc2cccc(C(=O)N3CCCC3)c2)cc1. The highest BCUT2D eigenvalue weighted by Crippen LogP contribution is 2.20. The van der Waals surface area contributed by atoms with Crippen molar-refractivity contribution in [1.82, 2.24) is 4.90 Å². The molecular weight excluding hydrogens is 324 g/mol. The molecule has 0 spiro atoms. The lowest BCUT2D eigenvalue weighted by molar-refractivity contribution is 0.0793. The van der Waals surface area contributed by atoms with Gasteiger partial charge in [-0.15, -0.1) is 0 Å². The van der Waals surface area contributed by atoms with Crippen LogP contribution < -0.4 is 4.72 Å². The van der Waals surface area contributed by atoms with Crippen LogP contribution in [0.5, 0.6) is 0 Å². The summed E-state index contributed by atoms with van der Waals surface area (Å²) in [4.78, 5) is 14.4. The lowest BCUT2D eigenvalue weighted by Crippen LogP contribution is -2.27. The molecule has 1 fully saturated rings. The summed E-state index contributed by atoms with van der Waals surface area (Å²) in [5.74, 6) is -0.0520. The molecule has 0 atom stereocenters. The van der Waals surface area contributed by atoms with E-state index in [4.69, 9.17) is 0 Å². The molecule has 2 aromatic carbocycles. The Bertz CT molecular complexity index is 839. The number of anilines is 1. The van der Waals surface area contributed by atoms with Gasteiger partial charge in [0, 0.05) is 24.3 Å². The monoisotopic (exact) mass is 344 g/mol. The van der Waals surface area contributed by atoms with Crippen molar-refractivity contribution in [3.05, 3.63) is 59.7 Å². The molecule has 1 saturated heterocycles. The van der Waals surface area contributed by atoms with E-state index >= 15 is 0 Å². The Morgan fingerprint density at radius 3 is 2.38 bits per heavy atom. The smallest absolute Gasteiger partial charge is 0.261 e. The molecule has 24 heavy (non-hydrogen) atoms. The molecule has 0 saturated carbocycles. The fourth-order valence-corrected chi connectivity index (χ4v) is 3.80. The number of nitrogens with one attached hydrogen (secondary N) is 1. The average Bonchev–Trinajstić information content (AvgIpc) is 3.09. The summed E-state index contributed by atoms with van der Waals surface area (Å²) < 4.78 is 27.4. The Kier molecular flexibility index (Phi) is 4.57. The van der Waals surface area contributed by atoms with E-state index < -0.39 is 10.0 Å². The highest BCUT2D eigenvalue weighted by molar-refractivity contribution is 7.92. The molecule has 6 heteroatoms. The maximum Gasteiger partial charge on any atom is 0.261 e. The molecule has 1 aliphatic rings. The van der Waals surface area contributed by atoms with Gasteiger partial charge in [0.25, 0.3) is 15.9 Å². The fourth-order valence-electron chi connectivity index (χ4n) is 2.75. The van der Waals surface area contributed by atoms with E-state index in [0.29, 0.717) is 11.3 Å². The van der Waals surface area contributed by atoms with Crippen LogP contribution in [0.25, 0.3) is 0 Å². The average molecular weight is 344 g/mol. The zero-order valence-electron chi connectivity index (χ0n) is 13.5. The van der Waals surface area contributed by atoms with Crippen molar-refractivity contribution in [2.24, 2.45) is 0 Å². The standard InChI is InChI=1S/C18H20N2O3S/c1-14-7-9-17(10-8-14)24(22,23)19-16-6-4-5-15(13-16)18(21)20-11-2-3-12-20/h4-10,13,19H,2-3,11-12H2,1H3. The van der Waals surface area contributed by atoms with Crippen LogP contribution in [0.2, 0.25) is 0 Å². The molecule has 1 amide bonds. The van der Waals surface area contributed by atoms with Crippen molar-refractivity contribution in [3.8, 4) is 0 Å². The third-order valence-corrected chi connectivity index (χ3v) is 5.48. The minimum absolute atomic E-state index is 0.0520. The summed E-state index contributed by atoms with van der Waals surface area (Å²) in [7, 11) is -3.67. The Labute approximate surface area is 142 Å². The molecular formula is C18H20N2O3S. The molecule has 126 valence electrons. The van der Waals surface area contributed by atoms with E-state index in [1.54, 1.807) is 53.4 Å². The van der Waals surface area contributed by atoms with Gasteiger partial charge in [-0.3, -0.25) is 9.52 Å². The zero-order valence-corrected chi connectivity index (χ0v) is 14.3. The van der Waals surface area contributed by atoms with Crippen LogP contribution in [-0.4, -0.2) is 32.3 Å². The summed E-state index contributed by atoms with van der Waals surface area (Å²) in [5, 5.41) is 0. The maximum atomic E-state index is 12.4. The van der Waals surface area contributed by atoms with Gasteiger partial charge in [-0.1, -0.05) is 23.8 Å². The Hall–Kier alpha value is -2.34. The van der Waals surface area contributed by atoms with Crippen LogP contribution in [0, 0.1) is 6.92 Å². The van der Waals surface area contributed by atoms with E-state index in [2.05, 4.69) is 4.72 Å². The Balaban J connectivity index is 1.81. The van der Waals surface area contributed by atoms with Gasteiger partial charge < -0.3 is 4.90 Å². The third-order valence-electron chi connectivity index (χ3n) is 4.09. The largest absolute Gasteiger partial charge is 0.339 e. The first-order valence-corrected chi connectivity index (χ1v) is 9.43. The zero-order chi connectivity index (χ0) is 17.2. The topological polar surface area (TPSA) is 66.5 Å². The number of hydrogen-bond donors (Lipinski definition) is 1. The molecule has 0 aromatic heterocycles. The first-order chi connectivity index (χ1) is 11.5. The number of carbonyl (C=O) groups is 1. The summed E-state index contributed by atoms with van der Waals surface area (Å²) in [6.07, 6.45) is 2.04. The molecule has 3 rings (SSSR count). The number of benzene rings is 2. The van der Waals surface area contributed by atoms with Crippen molar-refractivity contribution >= 4 is 21.6 Å². The van der Waals surface area contributed by atoms with Crippen LogP contribution in [0.3, 0.4) is 0 Å². The van der Waals surface area contributed by atoms with Crippen LogP contribution in [0.1, 0.15) is 28.8 Å². The van der Waals surface area contributed by atoms with Crippen molar-refractivity contribution in [2.45, 2.75) is 24.7 Å². The molecule has 0 bridgehead atoms. The quantitative estimate of drug-likeness (QED) is 0.927. The predicted molar refractivity (Wildman–Crippen MR) is 93.6 cm³/mol. The third kappa shape index (κ3) is 3.59. The van der Waals surface area contributed by atoms with Crippen molar-refractivity contribution in [2.75, 3.05) is 17.8 Å². The second-order valence-corrected chi connectivity index (χ2v) is 7.68. The van der Waals surface area contributed by atoms with E-state index in [0.717, 1.165) is 31.5 Å². The molecule has 2 aromatic rings. The first-order valence-electron chi connectivity index (χ1n) is 7.94. The van der Waals surface area contributed by atoms with E-state index in [1.165, 1.54) is 0 Å². The van der Waals surface area contributed by atoms with Gasteiger partial charge in [-0.25, -0.2) is 8.42 Å². The van der Waals surface area contributed by atoms with Gasteiger partial charge in [0.1, 0.15) is 0 Å². The summed E-state index contributed by atoms with van der Waals surface area (Å²) in [6.45, 7) is 3.42. The number of likely N-dealkylation sites (tertiary alicyclic amines) is 1. The fraction of sp³-hybridized carbons (Fsp3) is 0.278. The second kappa shape index (κ2) is 6.65. The van der Waals surface area contributed by atoms with Crippen molar-refractivity contribution in [3.63, 3.8) is 0 Å². The summed E-state index contributed by atoms with van der Waals surface area (Å²) in [5.41, 5.74) is 1.88. The Morgan fingerprint density at radius 1 is 1.04 bits per heavy atom. The lowest BCUT2D eigenvalue weighted by atomic mass is 10.2. The van der Waals surface area contributed by atoms with Gasteiger partial charge in [0.15, 0.2) is 0 Å². The lowest BCUT2D eigenvalue weighted by Gasteiger charge is -2.16. The van der Waals surface area contributed by atoms with E-state index in [9.17, 15) is 13.2 Å². The minimum Gasteiger partial charge on any atom is -0.339 e. The number of sulfonamides is 1. The van der Waals surface area contributed by atoms with Crippen LogP contribution in [0.15, 0.2) is 53.4 Å². The highest BCUT2D eigenvalue weighted by Gasteiger charge is 2.20. The molecule has 1 heterocycles.